The fourth-order valence-corrected chi connectivity index (χ4v) is 2.06. The summed E-state index contributed by atoms with van der Waals surface area (Å²) in [6, 6.07) is 10.4. The van der Waals surface area contributed by atoms with Crippen LogP contribution in [0.2, 0.25) is 5.02 Å². The molecule has 0 aliphatic heterocycles. The summed E-state index contributed by atoms with van der Waals surface area (Å²) >= 11 is 5.99. The third-order valence-electron chi connectivity index (χ3n) is 2.87. The van der Waals surface area contributed by atoms with Crippen molar-refractivity contribution in [3.63, 3.8) is 0 Å². The van der Waals surface area contributed by atoms with Gasteiger partial charge in [0.25, 0.3) is 5.91 Å². The van der Waals surface area contributed by atoms with Gasteiger partial charge >= 0.3 is 5.97 Å². The number of anilines is 1. The molecular weight excluding hydrogens is 292 g/mol. The molecule has 1 amide bonds. The molecule has 0 bridgehead atoms. The molecule has 2 aromatic rings. The predicted octanol–water partition coefficient (Wildman–Crippen LogP) is 2.86. The topological polar surface area (TPSA) is 70.5 Å². The molecule has 0 fully saturated rings. The van der Waals surface area contributed by atoms with Crippen LogP contribution in [0, 0.1) is 0 Å². The van der Waals surface area contributed by atoms with Crippen molar-refractivity contribution in [2.24, 2.45) is 0 Å². The Balaban J connectivity index is 2.33. The van der Waals surface area contributed by atoms with Crippen LogP contribution in [0.4, 0.5) is 5.69 Å². The Morgan fingerprint density at radius 3 is 2.52 bits per heavy atom. The van der Waals surface area contributed by atoms with Gasteiger partial charge in [0.15, 0.2) is 0 Å². The highest BCUT2D eigenvalue weighted by atomic mass is 35.5. The second-order valence-corrected chi connectivity index (χ2v) is 4.70. The summed E-state index contributed by atoms with van der Waals surface area (Å²) in [5.41, 5.74) is 0.914. The zero-order valence-corrected chi connectivity index (χ0v) is 11.8. The van der Waals surface area contributed by atoms with Crippen LogP contribution in [0.25, 0.3) is 0 Å². The van der Waals surface area contributed by atoms with E-state index in [-0.39, 0.29) is 23.9 Å². The number of rotatable bonds is 5. The van der Waals surface area contributed by atoms with E-state index in [0.717, 1.165) is 0 Å². The lowest BCUT2D eigenvalue weighted by atomic mass is 10.2. The van der Waals surface area contributed by atoms with Crippen molar-refractivity contribution < 1.29 is 14.7 Å². The van der Waals surface area contributed by atoms with Gasteiger partial charge in [0.2, 0.25) is 0 Å². The number of para-hydroxylation sites is 1. The molecule has 0 saturated heterocycles. The molecule has 0 spiro atoms. The largest absolute Gasteiger partial charge is 0.481 e. The number of aromatic nitrogens is 1. The second-order valence-electron chi connectivity index (χ2n) is 4.29. The maximum atomic E-state index is 12.6. The molecule has 1 aromatic carbocycles. The summed E-state index contributed by atoms with van der Waals surface area (Å²) in [4.78, 5) is 28.6. The smallest absolute Gasteiger partial charge is 0.305 e. The number of halogens is 1. The molecule has 0 saturated carbocycles. The number of hydrogen-bond donors (Lipinski definition) is 1. The van der Waals surface area contributed by atoms with Gasteiger partial charge in [0.1, 0.15) is 0 Å². The average molecular weight is 305 g/mol. The molecular formula is C15H13ClN2O3. The van der Waals surface area contributed by atoms with Gasteiger partial charge in [-0.05, 0) is 18.2 Å². The fraction of sp³-hybridized carbons (Fsp3) is 0.133. The number of pyridine rings is 1. The molecule has 108 valence electrons. The summed E-state index contributed by atoms with van der Waals surface area (Å²) in [6.07, 6.45) is 2.71. The molecule has 5 nitrogen and oxygen atoms in total. The zero-order chi connectivity index (χ0) is 15.2. The minimum atomic E-state index is -0.968. The summed E-state index contributed by atoms with van der Waals surface area (Å²) in [7, 11) is 0. The van der Waals surface area contributed by atoms with E-state index in [2.05, 4.69) is 4.98 Å². The SMILES string of the molecule is O=C(O)CCN(C(=O)c1ccncc1Cl)c1ccccc1. The van der Waals surface area contributed by atoms with E-state index in [1.807, 2.05) is 6.07 Å². The Morgan fingerprint density at radius 2 is 1.90 bits per heavy atom. The summed E-state index contributed by atoms with van der Waals surface area (Å²) in [5.74, 6) is -1.32. The third-order valence-corrected chi connectivity index (χ3v) is 3.17. The van der Waals surface area contributed by atoms with Gasteiger partial charge in [0.05, 0.1) is 17.0 Å². The van der Waals surface area contributed by atoms with Gasteiger partial charge in [-0.2, -0.15) is 0 Å². The summed E-state index contributed by atoms with van der Waals surface area (Å²) in [5, 5.41) is 9.08. The normalized spacial score (nSPS) is 10.1. The van der Waals surface area contributed by atoms with Gasteiger partial charge in [0, 0.05) is 24.6 Å². The number of carbonyl (C=O) groups excluding carboxylic acids is 1. The first-order valence-corrected chi connectivity index (χ1v) is 6.65. The van der Waals surface area contributed by atoms with Crippen LogP contribution in [0.15, 0.2) is 48.8 Å². The van der Waals surface area contributed by atoms with Crippen LogP contribution < -0.4 is 4.90 Å². The van der Waals surface area contributed by atoms with Crippen molar-refractivity contribution >= 4 is 29.2 Å². The minimum absolute atomic E-state index is 0.0663. The number of aliphatic carboxylic acids is 1. The van der Waals surface area contributed by atoms with Crippen LogP contribution in [-0.4, -0.2) is 28.5 Å². The van der Waals surface area contributed by atoms with Crippen molar-refractivity contribution in [2.45, 2.75) is 6.42 Å². The molecule has 0 aliphatic rings. The van der Waals surface area contributed by atoms with E-state index in [1.165, 1.54) is 23.4 Å². The van der Waals surface area contributed by atoms with E-state index < -0.39 is 5.97 Å². The average Bonchev–Trinajstić information content (AvgIpc) is 2.48. The Kier molecular flexibility index (Phi) is 4.90. The van der Waals surface area contributed by atoms with E-state index in [1.54, 1.807) is 24.3 Å². The van der Waals surface area contributed by atoms with Gasteiger partial charge in [-0.15, -0.1) is 0 Å². The third kappa shape index (κ3) is 3.79. The van der Waals surface area contributed by atoms with Gasteiger partial charge < -0.3 is 10.0 Å². The molecule has 1 N–H and O–H groups in total. The number of nitrogens with zero attached hydrogens (tertiary/aromatic N) is 2. The van der Waals surface area contributed by atoms with Gasteiger partial charge in [-0.1, -0.05) is 29.8 Å². The van der Waals surface area contributed by atoms with Crippen molar-refractivity contribution in [1.82, 2.24) is 4.98 Å². The number of amides is 1. The fourth-order valence-electron chi connectivity index (χ4n) is 1.86. The van der Waals surface area contributed by atoms with E-state index in [4.69, 9.17) is 16.7 Å². The van der Waals surface area contributed by atoms with Crippen LogP contribution in [0.5, 0.6) is 0 Å². The van der Waals surface area contributed by atoms with Gasteiger partial charge in [-0.3, -0.25) is 14.6 Å². The van der Waals surface area contributed by atoms with Crippen LogP contribution in [0.3, 0.4) is 0 Å². The van der Waals surface area contributed by atoms with Crippen LogP contribution in [0.1, 0.15) is 16.8 Å². The molecule has 21 heavy (non-hydrogen) atoms. The van der Waals surface area contributed by atoms with Crippen LogP contribution in [-0.2, 0) is 4.79 Å². The Hall–Kier alpha value is -2.40. The maximum Gasteiger partial charge on any atom is 0.305 e. The summed E-state index contributed by atoms with van der Waals surface area (Å²) in [6.45, 7) is 0.0663. The lowest BCUT2D eigenvalue weighted by Crippen LogP contribution is -2.33. The number of benzene rings is 1. The quantitative estimate of drug-likeness (QED) is 0.922. The van der Waals surface area contributed by atoms with Gasteiger partial charge in [-0.25, -0.2) is 0 Å². The van der Waals surface area contributed by atoms with Crippen LogP contribution >= 0.6 is 11.6 Å². The standard InChI is InChI=1S/C15H13ClN2O3/c16-13-10-17-8-6-12(13)15(21)18(9-7-14(19)20)11-4-2-1-3-5-11/h1-6,8,10H,7,9H2,(H,19,20). The number of hydrogen-bond acceptors (Lipinski definition) is 3. The van der Waals surface area contributed by atoms with E-state index >= 15 is 0 Å². The number of carboxylic acid groups (broad SMARTS) is 1. The first-order chi connectivity index (χ1) is 10.1. The van der Waals surface area contributed by atoms with E-state index in [9.17, 15) is 9.59 Å². The maximum absolute atomic E-state index is 12.6. The lowest BCUT2D eigenvalue weighted by molar-refractivity contribution is -0.136. The van der Waals surface area contributed by atoms with E-state index in [0.29, 0.717) is 11.3 Å². The Morgan fingerprint density at radius 1 is 1.19 bits per heavy atom. The highest BCUT2D eigenvalue weighted by Gasteiger charge is 2.20. The molecule has 1 heterocycles. The van der Waals surface area contributed by atoms with Crippen molar-refractivity contribution in [1.29, 1.82) is 0 Å². The van der Waals surface area contributed by atoms with Crippen molar-refractivity contribution in [2.75, 3.05) is 11.4 Å². The van der Waals surface area contributed by atoms with Crippen molar-refractivity contribution in [3.8, 4) is 0 Å². The Labute approximate surface area is 126 Å². The lowest BCUT2D eigenvalue weighted by Gasteiger charge is -2.22. The first-order valence-electron chi connectivity index (χ1n) is 6.28. The number of carbonyl (C=O) groups is 2. The Bertz CT molecular complexity index is 646. The molecule has 1 aromatic heterocycles. The molecule has 6 heteroatoms. The number of carboxylic acids is 1. The zero-order valence-electron chi connectivity index (χ0n) is 11.1. The second kappa shape index (κ2) is 6.85. The first kappa shape index (κ1) is 15.0. The molecule has 2 rings (SSSR count). The highest BCUT2D eigenvalue weighted by Crippen LogP contribution is 2.21. The molecule has 0 aliphatic carbocycles. The molecule has 0 atom stereocenters. The highest BCUT2D eigenvalue weighted by molar-refractivity contribution is 6.34. The molecule has 0 unspecified atom stereocenters. The monoisotopic (exact) mass is 304 g/mol. The minimum Gasteiger partial charge on any atom is -0.481 e. The predicted molar refractivity (Wildman–Crippen MR) is 79.6 cm³/mol. The summed E-state index contributed by atoms with van der Waals surface area (Å²) < 4.78 is 0. The van der Waals surface area contributed by atoms with Crippen molar-refractivity contribution in [3.05, 3.63) is 59.4 Å². The molecule has 0 radical (unpaired) electrons.